The van der Waals surface area contributed by atoms with E-state index in [-0.39, 0.29) is 6.61 Å². The first-order valence-electron chi connectivity index (χ1n) is 12.9. The fourth-order valence-electron chi connectivity index (χ4n) is 5.43. The van der Waals surface area contributed by atoms with Crippen molar-refractivity contribution in [2.75, 3.05) is 0 Å². The van der Waals surface area contributed by atoms with E-state index in [1.54, 1.807) is 0 Å². The molecular formula is C32H38O2. The van der Waals surface area contributed by atoms with Crippen LogP contribution < -0.4 is 0 Å². The molecule has 178 valence electrons. The van der Waals surface area contributed by atoms with E-state index in [9.17, 15) is 10.2 Å². The van der Waals surface area contributed by atoms with Gasteiger partial charge in [0.25, 0.3) is 0 Å². The molecule has 0 fully saturated rings. The van der Waals surface area contributed by atoms with Gasteiger partial charge in [0, 0.05) is 5.56 Å². The standard InChI is InChI=1S/C32H38O2/c1-4-7-23(5-2)19-24-11-14-26(15-12-24)32-28-17-13-25(21-33)20-27(28)8-6-9-30(32)29-16-10-22(3)18-31(29)34/h10-18,20,23,33-34H,4-9,19,21H2,1-3H3. The molecule has 1 atom stereocenters. The summed E-state index contributed by atoms with van der Waals surface area (Å²) in [5, 5.41) is 20.6. The third kappa shape index (κ3) is 5.28. The molecule has 0 saturated heterocycles. The van der Waals surface area contributed by atoms with Crippen molar-refractivity contribution >= 4 is 11.1 Å². The van der Waals surface area contributed by atoms with Crippen LogP contribution in [0.1, 0.15) is 84.9 Å². The van der Waals surface area contributed by atoms with Crippen LogP contribution >= 0.6 is 0 Å². The first-order chi connectivity index (χ1) is 16.5. The minimum absolute atomic E-state index is 0.0585. The summed E-state index contributed by atoms with van der Waals surface area (Å²) < 4.78 is 0. The number of aliphatic hydroxyl groups excluding tert-OH is 1. The lowest BCUT2D eigenvalue weighted by Gasteiger charge is -2.19. The summed E-state index contributed by atoms with van der Waals surface area (Å²) in [7, 11) is 0. The minimum atomic E-state index is 0.0585. The number of allylic oxidation sites excluding steroid dienone is 1. The van der Waals surface area contributed by atoms with E-state index in [1.165, 1.54) is 52.7 Å². The van der Waals surface area contributed by atoms with Gasteiger partial charge in [0.15, 0.2) is 0 Å². The molecule has 0 heterocycles. The first kappa shape index (κ1) is 24.3. The molecular weight excluding hydrogens is 416 g/mol. The zero-order chi connectivity index (χ0) is 24.1. The average molecular weight is 455 g/mol. The fraction of sp³-hybridized carbons (Fsp3) is 0.375. The molecule has 2 N–H and O–H groups in total. The first-order valence-corrected chi connectivity index (χ1v) is 12.9. The summed E-state index contributed by atoms with van der Waals surface area (Å²) in [5.74, 6) is 1.09. The van der Waals surface area contributed by atoms with E-state index in [0.29, 0.717) is 5.75 Å². The highest BCUT2D eigenvalue weighted by Gasteiger charge is 2.22. The van der Waals surface area contributed by atoms with Crippen molar-refractivity contribution in [3.8, 4) is 5.75 Å². The molecule has 3 aromatic carbocycles. The van der Waals surface area contributed by atoms with Crippen molar-refractivity contribution in [1.82, 2.24) is 0 Å². The van der Waals surface area contributed by atoms with Gasteiger partial charge in [-0.25, -0.2) is 0 Å². The monoisotopic (exact) mass is 454 g/mol. The predicted octanol–water partition coefficient (Wildman–Crippen LogP) is 7.86. The zero-order valence-corrected chi connectivity index (χ0v) is 20.9. The summed E-state index contributed by atoms with van der Waals surface area (Å²) >= 11 is 0. The van der Waals surface area contributed by atoms with Gasteiger partial charge in [-0.3, -0.25) is 0 Å². The van der Waals surface area contributed by atoms with Gasteiger partial charge in [0.1, 0.15) is 5.75 Å². The van der Waals surface area contributed by atoms with Gasteiger partial charge in [-0.1, -0.05) is 87.7 Å². The number of phenols is 1. The SMILES string of the molecule is CCCC(CC)Cc1ccc(C2=C(c3ccc(C)cc3O)CCCc3cc(CO)ccc32)cc1. The van der Waals surface area contributed by atoms with Crippen molar-refractivity contribution in [3.63, 3.8) is 0 Å². The van der Waals surface area contributed by atoms with Crippen molar-refractivity contribution in [3.05, 3.63) is 99.6 Å². The van der Waals surface area contributed by atoms with Crippen LogP contribution in [0.4, 0.5) is 0 Å². The Balaban J connectivity index is 1.84. The maximum absolute atomic E-state index is 10.9. The maximum atomic E-state index is 10.9. The van der Waals surface area contributed by atoms with Crippen molar-refractivity contribution in [1.29, 1.82) is 0 Å². The van der Waals surface area contributed by atoms with Crippen LogP contribution in [0, 0.1) is 12.8 Å². The Labute approximate surface area is 205 Å². The third-order valence-electron chi connectivity index (χ3n) is 7.32. The summed E-state index contributed by atoms with van der Waals surface area (Å²) in [6.45, 7) is 6.64. The van der Waals surface area contributed by atoms with Gasteiger partial charge in [-0.15, -0.1) is 0 Å². The zero-order valence-electron chi connectivity index (χ0n) is 20.9. The molecule has 1 aliphatic carbocycles. The second-order valence-corrected chi connectivity index (χ2v) is 9.84. The number of aliphatic hydroxyl groups is 1. The van der Waals surface area contributed by atoms with Gasteiger partial charge in [-0.05, 0) is 89.1 Å². The molecule has 0 aliphatic heterocycles. The van der Waals surface area contributed by atoms with E-state index in [4.69, 9.17) is 0 Å². The second-order valence-electron chi connectivity index (χ2n) is 9.84. The van der Waals surface area contributed by atoms with E-state index < -0.39 is 0 Å². The van der Waals surface area contributed by atoms with Gasteiger partial charge >= 0.3 is 0 Å². The number of phenolic OH excluding ortho intramolecular Hbond substituents is 1. The molecule has 2 nitrogen and oxygen atoms in total. The highest BCUT2D eigenvalue weighted by Crippen LogP contribution is 2.42. The largest absolute Gasteiger partial charge is 0.507 e. The molecule has 0 bridgehead atoms. The van der Waals surface area contributed by atoms with Crippen molar-refractivity contribution in [2.45, 2.75) is 72.3 Å². The number of rotatable bonds is 8. The molecule has 34 heavy (non-hydrogen) atoms. The maximum Gasteiger partial charge on any atom is 0.123 e. The Bertz CT molecular complexity index is 1150. The van der Waals surface area contributed by atoms with E-state index in [1.807, 2.05) is 19.1 Å². The summed E-state index contributed by atoms with van der Waals surface area (Å²) in [4.78, 5) is 0. The summed E-state index contributed by atoms with van der Waals surface area (Å²) in [6, 6.07) is 21.5. The van der Waals surface area contributed by atoms with Crippen LogP contribution in [0.15, 0.2) is 60.7 Å². The summed E-state index contributed by atoms with van der Waals surface area (Å²) in [5.41, 5.74) is 10.5. The molecule has 3 aromatic rings. The number of aryl methyl sites for hydroxylation is 2. The fourth-order valence-corrected chi connectivity index (χ4v) is 5.43. The predicted molar refractivity (Wildman–Crippen MR) is 143 cm³/mol. The highest BCUT2D eigenvalue weighted by molar-refractivity contribution is 6.00. The van der Waals surface area contributed by atoms with Crippen LogP contribution in [0.25, 0.3) is 11.1 Å². The second kappa shape index (κ2) is 11.1. The Kier molecular flexibility index (Phi) is 7.90. The molecule has 1 unspecified atom stereocenters. The number of hydrogen-bond acceptors (Lipinski definition) is 2. The normalized spacial score (nSPS) is 14.6. The van der Waals surface area contributed by atoms with Gasteiger partial charge in [0.05, 0.1) is 6.61 Å². The molecule has 0 radical (unpaired) electrons. The number of hydrogen-bond donors (Lipinski definition) is 2. The molecule has 0 spiro atoms. The Morgan fingerprint density at radius 1 is 0.853 bits per heavy atom. The minimum Gasteiger partial charge on any atom is -0.507 e. The molecule has 1 aliphatic rings. The molecule has 0 amide bonds. The quantitative estimate of drug-likeness (QED) is 0.364. The average Bonchev–Trinajstić information content (AvgIpc) is 3.03. The van der Waals surface area contributed by atoms with E-state index in [2.05, 4.69) is 62.4 Å². The number of aromatic hydroxyl groups is 1. The van der Waals surface area contributed by atoms with Crippen molar-refractivity contribution in [2.24, 2.45) is 5.92 Å². The van der Waals surface area contributed by atoms with Gasteiger partial charge < -0.3 is 10.2 Å². The molecule has 0 aromatic heterocycles. The molecule has 4 rings (SSSR count). The van der Waals surface area contributed by atoms with Crippen molar-refractivity contribution < 1.29 is 10.2 Å². The van der Waals surface area contributed by atoms with Crippen LogP contribution in [0.3, 0.4) is 0 Å². The van der Waals surface area contributed by atoms with Crippen LogP contribution in [0.5, 0.6) is 5.75 Å². The topological polar surface area (TPSA) is 40.5 Å². The Morgan fingerprint density at radius 3 is 2.26 bits per heavy atom. The Hall–Kier alpha value is -2.84. The van der Waals surface area contributed by atoms with E-state index >= 15 is 0 Å². The number of benzene rings is 3. The molecule has 2 heteroatoms. The van der Waals surface area contributed by atoms with E-state index in [0.717, 1.165) is 48.3 Å². The number of fused-ring (bicyclic) bond motifs is 1. The van der Waals surface area contributed by atoms with Crippen LogP contribution in [0.2, 0.25) is 0 Å². The lowest BCUT2D eigenvalue weighted by molar-refractivity contribution is 0.281. The molecule has 0 saturated carbocycles. The smallest absolute Gasteiger partial charge is 0.123 e. The lowest BCUT2D eigenvalue weighted by atomic mass is 9.86. The summed E-state index contributed by atoms with van der Waals surface area (Å²) in [6.07, 6.45) is 7.76. The van der Waals surface area contributed by atoms with Gasteiger partial charge in [-0.2, -0.15) is 0 Å². The highest BCUT2D eigenvalue weighted by atomic mass is 16.3. The van der Waals surface area contributed by atoms with Gasteiger partial charge in [0.2, 0.25) is 0 Å². The lowest BCUT2D eigenvalue weighted by Crippen LogP contribution is -2.03. The van der Waals surface area contributed by atoms with Crippen LogP contribution in [-0.2, 0) is 19.4 Å². The Morgan fingerprint density at radius 2 is 1.59 bits per heavy atom. The third-order valence-corrected chi connectivity index (χ3v) is 7.32. The van der Waals surface area contributed by atoms with Crippen LogP contribution in [-0.4, -0.2) is 10.2 Å².